The molecular formula is C12H23N5O2. The van der Waals surface area contributed by atoms with Gasteiger partial charge in [-0.15, -0.1) is 5.10 Å². The zero-order valence-corrected chi connectivity index (χ0v) is 11.8. The highest BCUT2D eigenvalue weighted by atomic mass is 16.5. The molecule has 0 bridgehead atoms. The Hall–Kier alpha value is -1.47. The van der Waals surface area contributed by atoms with E-state index in [9.17, 15) is 4.79 Å². The number of rotatable bonds is 9. The Labute approximate surface area is 113 Å². The molecule has 7 heteroatoms. The van der Waals surface area contributed by atoms with Gasteiger partial charge < -0.3 is 15.4 Å². The zero-order valence-electron chi connectivity index (χ0n) is 11.8. The third-order valence-electron chi connectivity index (χ3n) is 2.45. The lowest BCUT2D eigenvalue weighted by Crippen LogP contribution is -2.37. The SMILES string of the molecule is CCCNCc1cn(CC(=O)NC(C)COC)nn1. The zero-order chi connectivity index (χ0) is 14.1. The number of carbonyl (C=O) groups excluding carboxylic acids is 1. The molecule has 2 N–H and O–H groups in total. The topological polar surface area (TPSA) is 81.1 Å². The summed E-state index contributed by atoms with van der Waals surface area (Å²) in [5.41, 5.74) is 0.839. The van der Waals surface area contributed by atoms with Gasteiger partial charge in [-0.05, 0) is 19.9 Å². The Kier molecular flexibility index (Phi) is 7.06. The molecule has 1 atom stereocenters. The van der Waals surface area contributed by atoms with Crippen LogP contribution in [0.4, 0.5) is 0 Å². The molecular weight excluding hydrogens is 246 g/mol. The maximum absolute atomic E-state index is 11.7. The Morgan fingerprint density at radius 3 is 3.05 bits per heavy atom. The number of aromatic nitrogens is 3. The van der Waals surface area contributed by atoms with Gasteiger partial charge >= 0.3 is 0 Å². The highest BCUT2D eigenvalue weighted by molar-refractivity contribution is 5.75. The number of ether oxygens (including phenoxy) is 1. The van der Waals surface area contributed by atoms with Crippen molar-refractivity contribution in [2.75, 3.05) is 20.3 Å². The summed E-state index contributed by atoms with van der Waals surface area (Å²) in [7, 11) is 1.61. The van der Waals surface area contributed by atoms with Crippen LogP contribution in [-0.2, 0) is 22.6 Å². The molecule has 19 heavy (non-hydrogen) atoms. The first-order chi connectivity index (χ1) is 9.15. The minimum Gasteiger partial charge on any atom is -0.383 e. The number of hydrogen-bond acceptors (Lipinski definition) is 5. The molecule has 1 heterocycles. The molecule has 0 spiro atoms. The standard InChI is InChI=1S/C12H23N5O2/c1-4-5-13-6-11-7-17(16-15-11)8-12(18)14-10(2)9-19-3/h7,10,13H,4-6,8-9H2,1-3H3,(H,14,18). The predicted molar refractivity (Wildman–Crippen MR) is 71.5 cm³/mol. The van der Waals surface area contributed by atoms with Crippen LogP contribution in [0.15, 0.2) is 6.20 Å². The molecule has 0 aliphatic carbocycles. The van der Waals surface area contributed by atoms with Crippen LogP contribution in [-0.4, -0.2) is 47.2 Å². The summed E-state index contributed by atoms with van der Waals surface area (Å²) in [5, 5.41) is 14.0. The molecule has 0 saturated heterocycles. The average Bonchev–Trinajstić information content (AvgIpc) is 2.77. The van der Waals surface area contributed by atoms with E-state index in [1.54, 1.807) is 13.3 Å². The molecule has 7 nitrogen and oxygen atoms in total. The summed E-state index contributed by atoms with van der Waals surface area (Å²) in [6, 6.07) is -0.00767. The summed E-state index contributed by atoms with van der Waals surface area (Å²) in [6.45, 7) is 6.29. The third-order valence-corrected chi connectivity index (χ3v) is 2.45. The Morgan fingerprint density at radius 2 is 2.37 bits per heavy atom. The van der Waals surface area contributed by atoms with E-state index >= 15 is 0 Å². The molecule has 0 aliphatic rings. The Bertz CT molecular complexity index is 380. The Morgan fingerprint density at radius 1 is 1.58 bits per heavy atom. The van der Waals surface area contributed by atoms with Crippen LogP contribution >= 0.6 is 0 Å². The largest absolute Gasteiger partial charge is 0.383 e. The van der Waals surface area contributed by atoms with E-state index in [1.807, 2.05) is 6.92 Å². The minimum atomic E-state index is -0.0949. The van der Waals surface area contributed by atoms with Gasteiger partial charge in [-0.3, -0.25) is 4.79 Å². The van der Waals surface area contributed by atoms with Crippen molar-refractivity contribution in [1.82, 2.24) is 25.6 Å². The first-order valence-corrected chi connectivity index (χ1v) is 6.53. The molecule has 0 radical (unpaired) electrons. The quantitative estimate of drug-likeness (QED) is 0.613. The summed E-state index contributed by atoms with van der Waals surface area (Å²) < 4.78 is 6.50. The molecule has 1 unspecified atom stereocenters. The van der Waals surface area contributed by atoms with Gasteiger partial charge in [0.25, 0.3) is 0 Å². The normalized spacial score (nSPS) is 12.4. The van der Waals surface area contributed by atoms with Gasteiger partial charge in [-0.25, -0.2) is 4.68 Å². The molecule has 108 valence electrons. The maximum Gasteiger partial charge on any atom is 0.242 e. The van der Waals surface area contributed by atoms with Gasteiger partial charge in [0.2, 0.25) is 5.91 Å². The van der Waals surface area contributed by atoms with E-state index in [4.69, 9.17) is 4.74 Å². The number of carbonyl (C=O) groups is 1. The number of nitrogens with one attached hydrogen (secondary N) is 2. The van der Waals surface area contributed by atoms with Crippen molar-refractivity contribution >= 4 is 5.91 Å². The van der Waals surface area contributed by atoms with Gasteiger partial charge in [-0.2, -0.15) is 0 Å². The van der Waals surface area contributed by atoms with E-state index in [0.29, 0.717) is 13.2 Å². The van der Waals surface area contributed by atoms with Crippen molar-refractivity contribution in [1.29, 1.82) is 0 Å². The van der Waals surface area contributed by atoms with Crippen LogP contribution in [0.3, 0.4) is 0 Å². The number of amides is 1. The smallest absolute Gasteiger partial charge is 0.242 e. The van der Waals surface area contributed by atoms with Crippen molar-refractivity contribution in [3.63, 3.8) is 0 Å². The lowest BCUT2D eigenvalue weighted by atomic mass is 10.3. The number of nitrogens with zero attached hydrogens (tertiary/aromatic N) is 3. The second-order valence-electron chi connectivity index (χ2n) is 4.51. The van der Waals surface area contributed by atoms with E-state index in [-0.39, 0.29) is 18.5 Å². The van der Waals surface area contributed by atoms with E-state index in [0.717, 1.165) is 18.7 Å². The predicted octanol–water partition coefficient (Wildman–Crippen LogP) is -0.0712. The monoisotopic (exact) mass is 269 g/mol. The molecule has 0 fully saturated rings. The highest BCUT2D eigenvalue weighted by Gasteiger charge is 2.09. The van der Waals surface area contributed by atoms with Gasteiger partial charge in [0.05, 0.1) is 18.5 Å². The van der Waals surface area contributed by atoms with E-state index in [2.05, 4.69) is 27.9 Å². The summed E-state index contributed by atoms with van der Waals surface area (Å²) >= 11 is 0. The van der Waals surface area contributed by atoms with Crippen molar-refractivity contribution in [2.24, 2.45) is 0 Å². The van der Waals surface area contributed by atoms with Gasteiger partial charge in [0.1, 0.15) is 6.54 Å². The van der Waals surface area contributed by atoms with Crippen LogP contribution in [0.5, 0.6) is 0 Å². The van der Waals surface area contributed by atoms with Crippen LogP contribution in [0, 0.1) is 0 Å². The molecule has 0 aliphatic heterocycles. The average molecular weight is 269 g/mol. The first-order valence-electron chi connectivity index (χ1n) is 6.53. The minimum absolute atomic E-state index is 0.00767. The highest BCUT2D eigenvalue weighted by Crippen LogP contribution is 1.93. The van der Waals surface area contributed by atoms with Crippen LogP contribution in [0.2, 0.25) is 0 Å². The fourth-order valence-corrected chi connectivity index (χ4v) is 1.65. The maximum atomic E-state index is 11.7. The van der Waals surface area contributed by atoms with Crippen molar-refractivity contribution in [3.8, 4) is 0 Å². The summed E-state index contributed by atoms with van der Waals surface area (Å²) in [4.78, 5) is 11.7. The number of hydrogen-bond donors (Lipinski definition) is 2. The van der Waals surface area contributed by atoms with E-state index in [1.165, 1.54) is 4.68 Å². The lowest BCUT2D eigenvalue weighted by Gasteiger charge is -2.12. The summed E-state index contributed by atoms with van der Waals surface area (Å²) in [6.07, 6.45) is 2.86. The fourth-order valence-electron chi connectivity index (χ4n) is 1.65. The third kappa shape index (κ3) is 6.30. The molecule has 0 saturated carbocycles. The molecule has 1 aromatic rings. The molecule has 1 rings (SSSR count). The molecule has 1 aromatic heterocycles. The Balaban J connectivity index is 2.34. The summed E-state index contributed by atoms with van der Waals surface area (Å²) in [5.74, 6) is -0.0949. The van der Waals surface area contributed by atoms with Gasteiger partial charge in [-0.1, -0.05) is 12.1 Å². The van der Waals surface area contributed by atoms with Crippen molar-refractivity contribution in [2.45, 2.75) is 39.4 Å². The van der Waals surface area contributed by atoms with Crippen LogP contribution < -0.4 is 10.6 Å². The second-order valence-corrected chi connectivity index (χ2v) is 4.51. The van der Waals surface area contributed by atoms with Gasteiger partial charge in [0, 0.05) is 19.7 Å². The van der Waals surface area contributed by atoms with Gasteiger partial charge in [0.15, 0.2) is 0 Å². The number of methoxy groups -OCH3 is 1. The lowest BCUT2D eigenvalue weighted by molar-refractivity contribution is -0.122. The fraction of sp³-hybridized carbons (Fsp3) is 0.750. The first kappa shape index (κ1) is 15.6. The van der Waals surface area contributed by atoms with Crippen molar-refractivity contribution < 1.29 is 9.53 Å². The second kappa shape index (κ2) is 8.60. The molecule has 1 amide bonds. The van der Waals surface area contributed by atoms with Crippen molar-refractivity contribution in [3.05, 3.63) is 11.9 Å². The van der Waals surface area contributed by atoms with Crippen LogP contribution in [0.1, 0.15) is 26.0 Å². The van der Waals surface area contributed by atoms with Crippen LogP contribution in [0.25, 0.3) is 0 Å². The van der Waals surface area contributed by atoms with E-state index < -0.39 is 0 Å². The molecule has 0 aromatic carbocycles.